The van der Waals surface area contributed by atoms with Crippen LogP contribution < -0.4 is 20.1 Å². The van der Waals surface area contributed by atoms with Crippen LogP contribution in [0.5, 0.6) is 11.5 Å². The number of primary amides is 1. The number of benzene rings is 2. The average Bonchev–Trinajstić information content (AvgIpc) is 2.67. The summed E-state index contributed by atoms with van der Waals surface area (Å²) in [4.78, 5) is 28.0. The molecule has 1 heterocycles. The number of anilines is 1. The normalized spacial score (nSPS) is 15.8. The van der Waals surface area contributed by atoms with E-state index in [2.05, 4.69) is 0 Å². The van der Waals surface area contributed by atoms with Crippen molar-refractivity contribution < 1.29 is 19.1 Å². The fourth-order valence-corrected chi connectivity index (χ4v) is 3.03. The number of carbonyl (C=O) groups excluding carboxylic acids is 2. The summed E-state index contributed by atoms with van der Waals surface area (Å²) in [5, 5.41) is 0. The summed E-state index contributed by atoms with van der Waals surface area (Å²) in [6.07, 6.45) is -0.851. The lowest BCUT2D eigenvalue weighted by atomic mass is 10.1. The third-order valence-electron chi connectivity index (χ3n) is 4.41. The minimum atomic E-state index is -0.851. The fraction of sp³-hybridized carbons (Fsp3) is 0.300. The van der Waals surface area contributed by atoms with Gasteiger partial charge in [0.15, 0.2) is 6.10 Å². The van der Waals surface area contributed by atoms with Gasteiger partial charge in [-0.3, -0.25) is 14.5 Å². The van der Waals surface area contributed by atoms with Crippen LogP contribution in [0.15, 0.2) is 48.5 Å². The number of likely N-dealkylation sites (N-methyl/N-ethyl adjacent to an activating group) is 1. The Labute approximate surface area is 158 Å². The summed E-state index contributed by atoms with van der Waals surface area (Å²) in [6.45, 7) is 0.925. The fourth-order valence-electron chi connectivity index (χ4n) is 3.03. The third-order valence-corrected chi connectivity index (χ3v) is 4.41. The van der Waals surface area contributed by atoms with Gasteiger partial charge in [0.2, 0.25) is 5.91 Å². The molecule has 27 heavy (non-hydrogen) atoms. The second-order valence-corrected chi connectivity index (χ2v) is 6.50. The van der Waals surface area contributed by atoms with Gasteiger partial charge in [-0.2, -0.15) is 0 Å². The molecule has 2 aromatic carbocycles. The van der Waals surface area contributed by atoms with Crippen LogP contribution in [0, 0.1) is 0 Å². The first kappa shape index (κ1) is 18.7. The molecule has 2 amide bonds. The van der Waals surface area contributed by atoms with Crippen LogP contribution in [0.1, 0.15) is 5.56 Å². The number of amides is 2. The number of rotatable bonds is 6. The average molecular weight is 369 g/mol. The molecule has 0 spiro atoms. The van der Waals surface area contributed by atoms with Crippen LogP contribution in [-0.4, -0.2) is 50.1 Å². The number of hydrogen-bond donors (Lipinski definition) is 1. The number of carbonyl (C=O) groups is 2. The lowest BCUT2D eigenvalue weighted by Gasteiger charge is -2.34. The van der Waals surface area contributed by atoms with Gasteiger partial charge in [-0.25, -0.2) is 0 Å². The van der Waals surface area contributed by atoms with E-state index < -0.39 is 12.0 Å². The number of para-hydroxylation sites is 2. The molecule has 2 N–H and O–H groups in total. The molecule has 0 bridgehead atoms. The standard InChI is InChI=1S/C20H23N3O4/c1-22(11-14-7-9-15(26-2)10-8-14)13-19(24)23-12-18(20(21)25)27-17-6-4-3-5-16(17)23/h3-10,18H,11-13H2,1-2H3,(H2,21,25)/t18-/m0/s1. The van der Waals surface area contributed by atoms with Gasteiger partial charge < -0.3 is 20.1 Å². The van der Waals surface area contributed by atoms with Gasteiger partial charge in [0.05, 0.1) is 25.9 Å². The molecule has 1 atom stereocenters. The van der Waals surface area contributed by atoms with E-state index in [0.29, 0.717) is 18.0 Å². The maximum absolute atomic E-state index is 12.9. The Bertz CT molecular complexity index is 822. The van der Waals surface area contributed by atoms with Gasteiger partial charge >= 0.3 is 0 Å². The van der Waals surface area contributed by atoms with Gasteiger partial charge in [0.1, 0.15) is 11.5 Å². The van der Waals surface area contributed by atoms with E-state index in [4.69, 9.17) is 15.2 Å². The molecule has 2 aromatic rings. The Kier molecular flexibility index (Phi) is 5.61. The van der Waals surface area contributed by atoms with Crippen molar-refractivity contribution in [3.63, 3.8) is 0 Å². The van der Waals surface area contributed by atoms with Gasteiger partial charge in [-0.05, 0) is 36.9 Å². The lowest BCUT2D eigenvalue weighted by molar-refractivity contribution is -0.125. The second-order valence-electron chi connectivity index (χ2n) is 6.50. The van der Waals surface area contributed by atoms with Crippen molar-refractivity contribution >= 4 is 17.5 Å². The van der Waals surface area contributed by atoms with Gasteiger partial charge in [0, 0.05) is 6.54 Å². The number of hydrogen-bond acceptors (Lipinski definition) is 5. The number of nitrogens with zero attached hydrogens (tertiary/aromatic N) is 2. The van der Waals surface area contributed by atoms with Crippen LogP contribution in [-0.2, 0) is 16.1 Å². The van der Waals surface area contributed by atoms with E-state index in [1.807, 2.05) is 42.3 Å². The summed E-state index contributed by atoms with van der Waals surface area (Å²) in [7, 11) is 3.50. The molecule has 0 unspecified atom stereocenters. The van der Waals surface area contributed by atoms with Crippen molar-refractivity contribution in [1.82, 2.24) is 4.90 Å². The molecule has 7 heteroatoms. The molecular formula is C20H23N3O4. The molecule has 1 aliphatic heterocycles. The van der Waals surface area contributed by atoms with E-state index in [1.165, 1.54) is 0 Å². The zero-order valence-corrected chi connectivity index (χ0v) is 15.4. The molecule has 7 nitrogen and oxygen atoms in total. The van der Waals surface area contributed by atoms with Gasteiger partial charge in [-0.1, -0.05) is 24.3 Å². The molecule has 3 rings (SSSR count). The SMILES string of the molecule is COc1ccc(CN(C)CC(=O)N2C[C@@H](C(N)=O)Oc3ccccc32)cc1. The van der Waals surface area contributed by atoms with Crippen LogP contribution >= 0.6 is 0 Å². The Balaban J connectivity index is 1.69. The van der Waals surface area contributed by atoms with Crippen molar-refractivity contribution in [3.05, 3.63) is 54.1 Å². The zero-order valence-electron chi connectivity index (χ0n) is 15.4. The van der Waals surface area contributed by atoms with Crippen molar-refractivity contribution in [2.75, 3.05) is 32.1 Å². The number of ether oxygens (including phenoxy) is 2. The molecule has 1 aliphatic rings. The molecule has 0 aliphatic carbocycles. The lowest BCUT2D eigenvalue weighted by Crippen LogP contribution is -2.51. The van der Waals surface area contributed by atoms with E-state index in [1.54, 1.807) is 30.2 Å². The Morgan fingerprint density at radius 1 is 1.22 bits per heavy atom. The predicted molar refractivity (Wildman–Crippen MR) is 102 cm³/mol. The Morgan fingerprint density at radius 3 is 2.59 bits per heavy atom. The summed E-state index contributed by atoms with van der Waals surface area (Å²) < 4.78 is 10.8. The van der Waals surface area contributed by atoms with Crippen LogP contribution in [0.2, 0.25) is 0 Å². The zero-order chi connectivity index (χ0) is 19.4. The summed E-state index contributed by atoms with van der Waals surface area (Å²) in [5.74, 6) is 0.570. The maximum atomic E-state index is 12.9. The molecule has 0 radical (unpaired) electrons. The smallest absolute Gasteiger partial charge is 0.260 e. The van der Waals surface area contributed by atoms with E-state index >= 15 is 0 Å². The van der Waals surface area contributed by atoms with Crippen molar-refractivity contribution in [3.8, 4) is 11.5 Å². The van der Waals surface area contributed by atoms with E-state index in [-0.39, 0.29) is 19.0 Å². The molecule has 0 saturated carbocycles. The molecule has 0 aromatic heterocycles. The first-order valence-corrected chi connectivity index (χ1v) is 8.64. The first-order chi connectivity index (χ1) is 13.0. The van der Waals surface area contributed by atoms with E-state index in [0.717, 1.165) is 11.3 Å². The third kappa shape index (κ3) is 4.38. The monoisotopic (exact) mass is 369 g/mol. The largest absolute Gasteiger partial charge is 0.497 e. The highest BCUT2D eigenvalue weighted by atomic mass is 16.5. The summed E-state index contributed by atoms with van der Waals surface area (Å²) >= 11 is 0. The van der Waals surface area contributed by atoms with Gasteiger partial charge in [0.25, 0.3) is 5.91 Å². The number of fused-ring (bicyclic) bond motifs is 1. The molecule has 0 fully saturated rings. The maximum Gasteiger partial charge on any atom is 0.260 e. The Morgan fingerprint density at radius 2 is 1.93 bits per heavy atom. The summed E-state index contributed by atoms with van der Waals surface area (Å²) in [6, 6.07) is 14.9. The highest BCUT2D eigenvalue weighted by Crippen LogP contribution is 2.33. The highest BCUT2D eigenvalue weighted by Gasteiger charge is 2.32. The molecular weight excluding hydrogens is 346 g/mol. The van der Waals surface area contributed by atoms with E-state index in [9.17, 15) is 9.59 Å². The predicted octanol–water partition coefficient (Wildman–Crippen LogP) is 1.41. The van der Waals surface area contributed by atoms with Gasteiger partial charge in [-0.15, -0.1) is 0 Å². The quantitative estimate of drug-likeness (QED) is 0.832. The van der Waals surface area contributed by atoms with Crippen molar-refractivity contribution in [2.45, 2.75) is 12.6 Å². The highest BCUT2D eigenvalue weighted by molar-refractivity contribution is 5.98. The number of methoxy groups -OCH3 is 1. The number of nitrogens with two attached hydrogens (primary N) is 1. The molecule has 0 saturated heterocycles. The van der Waals surface area contributed by atoms with Crippen molar-refractivity contribution in [1.29, 1.82) is 0 Å². The summed E-state index contributed by atoms with van der Waals surface area (Å²) in [5.41, 5.74) is 7.11. The Hall–Kier alpha value is -3.06. The van der Waals surface area contributed by atoms with Crippen LogP contribution in [0.3, 0.4) is 0 Å². The van der Waals surface area contributed by atoms with Crippen LogP contribution in [0.4, 0.5) is 5.69 Å². The molecule has 142 valence electrons. The first-order valence-electron chi connectivity index (χ1n) is 8.64. The topological polar surface area (TPSA) is 85.1 Å². The van der Waals surface area contributed by atoms with Crippen LogP contribution in [0.25, 0.3) is 0 Å². The minimum absolute atomic E-state index is 0.113. The van der Waals surface area contributed by atoms with Crippen molar-refractivity contribution in [2.24, 2.45) is 5.73 Å². The second kappa shape index (κ2) is 8.09. The minimum Gasteiger partial charge on any atom is -0.497 e.